The Hall–Kier alpha value is -0.136. The number of hydrogen-bond donors (Lipinski definition) is 0. The van der Waals surface area contributed by atoms with E-state index in [0.29, 0.717) is 0 Å². The van der Waals surface area contributed by atoms with Crippen LogP contribution in [0.15, 0.2) is 18.2 Å². The summed E-state index contributed by atoms with van der Waals surface area (Å²) in [5.74, 6) is 0. The van der Waals surface area contributed by atoms with Gasteiger partial charge in [0.25, 0.3) is 0 Å². The molecule has 0 saturated carbocycles. The summed E-state index contributed by atoms with van der Waals surface area (Å²) < 4.78 is 8.19. The summed E-state index contributed by atoms with van der Waals surface area (Å²) in [6.07, 6.45) is 10.0. The molecule has 0 saturated heterocycles. The molecule has 0 bridgehead atoms. The molecular weight excluding hydrogens is 127 g/mol. The van der Waals surface area contributed by atoms with E-state index in [1.54, 1.807) is 0 Å². The summed E-state index contributed by atoms with van der Waals surface area (Å²) >= 11 is 1.06. The van der Waals surface area contributed by atoms with Crippen molar-refractivity contribution in [2.24, 2.45) is 0 Å². The molecule has 0 atom stereocenters. The monoisotopic (exact) mass is 132 g/mol. The summed E-state index contributed by atoms with van der Waals surface area (Å²) in [6, 6.07) is 0. The molecule has 0 fully saturated rings. The van der Waals surface area contributed by atoms with E-state index < -0.39 is 0 Å². The van der Waals surface area contributed by atoms with Crippen LogP contribution in [0.1, 0.15) is 6.42 Å². The van der Waals surface area contributed by atoms with Gasteiger partial charge in [0.1, 0.15) is 0 Å². The first-order chi connectivity index (χ1) is 3.50. The molecular formula is C5H5OV-. The average Bonchev–Trinajstić information content (AvgIpc) is 2.23. The van der Waals surface area contributed by atoms with E-state index in [-0.39, 0.29) is 0 Å². The van der Waals surface area contributed by atoms with Crippen molar-refractivity contribution in [3.05, 3.63) is 24.3 Å². The van der Waals surface area contributed by atoms with E-state index in [2.05, 4.69) is 12.2 Å². The summed E-state index contributed by atoms with van der Waals surface area (Å²) in [5.41, 5.74) is 0. The van der Waals surface area contributed by atoms with Gasteiger partial charge in [-0.3, -0.25) is 6.08 Å². The van der Waals surface area contributed by atoms with Crippen molar-refractivity contribution in [1.82, 2.24) is 0 Å². The van der Waals surface area contributed by atoms with Crippen LogP contribution in [0.2, 0.25) is 0 Å². The van der Waals surface area contributed by atoms with Gasteiger partial charge in [-0.15, -0.1) is 6.42 Å². The fourth-order valence-corrected chi connectivity index (χ4v) is 0.340. The molecule has 0 radical (unpaired) electrons. The molecule has 0 unspecified atom stereocenters. The molecule has 0 aromatic carbocycles. The molecule has 2 heteroatoms. The fourth-order valence-electron chi connectivity index (χ4n) is 0.340. The maximum absolute atomic E-state index is 8.19. The Morgan fingerprint density at radius 3 is 2.43 bits per heavy atom. The summed E-state index contributed by atoms with van der Waals surface area (Å²) in [4.78, 5) is 0. The van der Waals surface area contributed by atoms with E-state index in [9.17, 15) is 0 Å². The minimum atomic E-state index is 1.01. The van der Waals surface area contributed by atoms with E-state index >= 15 is 0 Å². The Bertz CT molecular complexity index is 76.1. The van der Waals surface area contributed by atoms with Crippen molar-refractivity contribution in [2.45, 2.75) is 6.42 Å². The van der Waals surface area contributed by atoms with Crippen LogP contribution in [-0.4, -0.2) is 0 Å². The van der Waals surface area contributed by atoms with Crippen molar-refractivity contribution in [3.8, 4) is 0 Å². The third kappa shape index (κ3) is 3.70. The normalized spacial score (nSPS) is 13.0. The standard InChI is InChI=1S/C5H5.O.V/c1-2-4-5-3-1;;/h1-3H,4H2;;/q-1;;. The molecule has 0 spiro atoms. The molecule has 1 aliphatic carbocycles. The minimum absolute atomic E-state index is 1.01. The first-order valence-electron chi connectivity index (χ1n) is 1.90. The Morgan fingerprint density at radius 2 is 2.29 bits per heavy atom. The van der Waals surface area contributed by atoms with Gasteiger partial charge in [0.15, 0.2) is 0 Å². The van der Waals surface area contributed by atoms with Crippen LogP contribution in [-0.2, 0) is 21.0 Å². The first kappa shape index (κ1) is 6.86. The fraction of sp³-hybridized carbons (Fsp3) is 0.200. The second kappa shape index (κ2) is 5.86. The van der Waals surface area contributed by atoms with Crippen LogP contribution in [0.4, 0.5) is 0 Å². The number of hydrogen-bond acceptors (Lipinski definition) is 1. The van der Waals surface area contributed by atoms with Gasteiger partial charge >= 0.3 is 21.0 Å². The van der Waals surface area contributed by atoms with Crippen LogP contribution >= 0.6 is 0 Å². The molecule has 0 aromatic heterocycles. The summed E-state index contributed by atoms with van der Waals surface area (Å²) in [6.45, 7) is 0. The van der Waals surface area contributed by atoms with E-state index in [1.807, 2.05) is 12.2 Å². The van der Waals surface area contributed by atoms with Gasteiger partial charge in [-0.2, -0.15) is 6.08 Å². The Morgan fingerprint density at radius 1 is 1.57 bits per heavy atom. The van der Waals surface area contributed by atoms with Gasteiger partial charge in [-0.25, -0.2) is 12.2 Å². The van der Waals surface area contributed by atoms with Gasteiger partial charge in [-0.05, 0) is 0 Å². The Labute approximate surface area is 52.3 Å². The zero-order valence-electron chi connectivity index (χ0n) is 3.79. The second-order valence-electron chi connectivity index (χ2n) is 1.00. The predicted octanol–water partition coefficient (Wildman–Crippen LogP) is 1.18. The van der Waals surface area contributed by atoms with Crippen molar-refractivity contribution < 1.29 is 21.0 Å². The molecule has 7 heavy (non-hydrogen) atoms. The van der Waals surface area contributed by atoms with Gasteiger partial charge < -0.3 is 0 Å². The number of rotatable bonds is 0. The van der Waals surface area contributed by atoms with Gasteiger partial charge in [0.2, 0.25) is 0 Å². The SMILES string of the molecule is [C-]1=CC=CC1.[O]=[V]. The second-order valence-corrected chi connectivity index (χ2v) is 1.00. The van der Waals surface area contributed by atoms with Crippen LogP contribution in [0.25, 0.3) is 0 Å². The molecule has 0 aliphatic heterocycles. The van der Waals surface area contributed by atoms with Crippen LogP contribution in [0.5, 0.6) is 0 Å². The van der Waals surface area contributed by atoms with Crippen molar-refractivity contribution in [1.29, 1.82) is 0 Å². The third-order valence-electron chi connectivity index (χ3n) is 0.586. The molecule has 1 aliphatic rings. The molecule has 0 amide bonds. The van der Waals surface area contributed by atoms with Crippen molar-refractivity contribution in [3.63, 3.8) is 0 Å². The molecule has 1 rings (SSSR count). The topological polar surface area (TPSA) is 17.1 Å². The third-order valence-corrected chi connectivity index (χ3v) is 0.586. The Kier molecular flexibility index (Phi) is 5.75. The molecule has 0 heterocycles. The van der Waals surface area contributed by atoms with Gasteiger partial charge in [0, 0.05) is 0 Å². The Balaban J connectivity index is 0.000000162. The first-order valence-corrected chi connectivity index (χ1v) is 2.47. The predicted molar refractivity (Wildman–Crippen MR) is 22.3 cm³/mol. The van der Waals surface area contributed by atoms with Crippen molar-refractivity contribution in [2.75, 3.05) is 0 Å². The maximum atomic E-state index is 8.19. The van der Waals surface area contributed by atoms with Gasteiger partial charge in [-0.1, -0.05) is 0 Å². The van der Waals surface area contributed by atoms with Crippen LogP contribution in [0, 0.1) is 6.08 Å². The van der Waals surface area contributed by atoms with Crippen LogP contribution < -0.4 is 0 Å². The molecule has 37 valence electrons. The molecule has 1 nitrogen and oxygen atoms in total. The quantitative estimate of drug-likeness (QED) is 0.452. The summed E-state index contributed by atoms with van der Waals surface area (Å²) in [7, 11) is 0. The summed E-state index contributed by atoms with van der Waals surface area (Å²) in [5, 5.41) is 0. The zero-order valence-corrected chi connectivity index (χ0v) is 5.19. The number of allylic oxidation sites excluding steroid dienone is 4. The van der Waals surface area contributed by atoms with Crippen molar-refractivity contribution >= 4 is 0 Å². The molecule has 0 N–H and O–H groups in total. The van der Waals surface area contributed by atoms with E-state index in [0.717, 1.165) is 23.8 Å². The van der Waals surface area contributed by atoms with E-state index in [4.69, 9.17) is 3.67 Å². The van der Waals surface area contributed by atoms with Gasteiger partial charge in [0.05, 0.1) is 0 Å². The van der Waals surface area contributed by atoms with Crippen LogP contribution in [0.3, 0.4) is 0 Å². The molecule has 0 aromatic rings. The average molecular weight is 132 g/mol. The van der Waals surface area contributed by atoms with E-state index in [1.165, 1.54) is 0 Å². The zero-order chi connectivity index (χ0) is 5.54.